The lowest BCUT2D eigenvalue weighted by Crippen LogP contribution is -2.22. The Balaban J connectivity index is 2.35. The Bertz CT molecular complexity index is 775. The van der Waals surface area contributed by atoms with Gasteiger partial charge in [0.2, 0.25) is 0 Å². The van der Waals surface area contributed by atoms with E-state index < -0.39 is 0 Å². The Kier molecular flexibility index (Phi) is 3.01. The molecular formula is C17H14O4. The molecule has 0 radical (unpaired) electrons. The predicted molar refractivity (Wildman–Crippen MR) is 77.6 cm³/mol. The minimum absolute atomic E-state index is 0.209. The summed E-state index contributed by atoms with van der Waals surface area (Å²) in [5, 5.41) is 0. The number of aryl methyl sites for hydroxylation is 1. The molecule has 0 heterocycles. The number of rotatable bonds is 2. The summed E-state index contributed by atoms with van der Waals surface area (Å²) >= 11 is 0. The van der Waals surface area contributed by atoms with E-state index in [0.717, 1.165) is 5.56 Å². The number of hydrogen-bond donors (Lipinski definition) is 0. The first-order valence-electron chi connectivity index (χ1n) is 6.53. The summed E-state index contributed by atoms with van der Waals surface area (Å²) in [6, 6.07) is 8.50. The molecule has 1 aliphatic rings. The maximum Gasteiger partial charge on any atom is 0.198 e. The summed E-state index contributed by atoms with van der Waals surface area (Å²) in [7, 11) is 2.98. The van der Waals surface area contributed by atoms with E-state index in [0.29, 0.717) is 33.8 Å². The Morgan fingerprint density at radius 1 is 0.810 bits per heavy atom. The molecule has 0 atom stereocenters. The van der Waals surface area contributed by atoms with Crippen LogP contribution in [0.1, 0.15) is 37.4 Å². The maximum absolute atomic E-state index is 12.8. The van der Waals surface area contributed by atoms with Crippen LogP contribution < -0.4 is 9.47 Å². The Morgan fingerprint density at radius 2 is 1.43 bits per heavy atom. The topological polar surface area (TPSA) is 52.6 Å². The standard InChI is InChI=1S/C17H14O4/c1-9-7-11-15(13(8-9)21-3)16(18)10-5-4-6-12(20-2)14(10)17(11)19/h4-8H,1-3H3. The highest BCUT2D eigenvalue weighted by atomic mass is 16.5. The zero-order valence-corrected chi connectivity index (χ0v) is 12.0. The predicted octanol–water partition coefficient (Wildman–Crippen LogP) is 2.79. The first-order chi connectivity index (χ1) is 10.1. The van der Waals surface area contributed by atoms with Crippen LogP contribution in [0.2, 0.25) is 0 Å². The molecule has 0 bridgehead atoms. The third-order valence-corrected chi connectivity index (χ3v) is 3.66. The van der Waals surface area contributed by atoms with Crippen LogP contribution in [0.3, 0.4) is 0 Å². The van der Waals surface area contributed by atoms with E-state index in [4.69, 9.17) is 9.47 Å². The average molecular weight is 282 g/mol. The summed E-state index contributed by atoms with van der Waals surface area (Å²) in [5.41, 5.74) is 2.24. The molecule has 106 valence electrons. The Morgan fingerprint density at radius 3 is 2.10 bits per heavy atom. The molecule has 0 aliphatic heterocycles. The SMILES string of the molecule is COc1cccc2c1C(=O)c1cc(C)cc(OC)c1C2=O. The fourth-order valence-electron chi connectivity index (χ4n) is 2.72. The van der Waals surface area contributed by atoms with Crippen LogP contribution >= 0.6 is 0 Å². The molecule has 2 aromatic carbocycles. The number of fused-ring (bicyclic) bond motifs is 2. The molecule has 0 aromatic heterocycles. The van der Waals surface area contributed by atoms with Crippen LogP contribution in [-0.4, -0.2) is 25.8 Å². The van der Waals surface area contributed by atoms with Crippen molar-refractivity contribution in [3.05, 3.63) is 58.1 Å². The highest BCUT2D eigenvalue weighted by Gasteiger charge is 2.34. The van der Waals surface area contributed by atoms with Crippen molar-refractivity contribution in [3.63, 3.8) is 0 Å². The summed E-state index contributed by atoms with van der Waals surface area (Å²) in [5.74, 6) is 0.420. The van der Waals surface area contributed by atoms with Gasteiger partial charge in [-0.05, 0) is 30.7 Å². The van der Waals surface area contributed by atoms with Gasteiger partial charge in [-0.2, -0.15) is 0 Å². The molecule has 0 saturated heterocycles. The molecule has 0 unspecified atom stereocenters. The first-order valence-corrected chi connectivity index (χ1v) is 6.53. The van der Waals surface area contributed by atoms with Crippen molar-refractivity contribution < 1.29 is 19.1 Å². The quantitative estimate of drug-likeness (QED) is 0.725. The first kappa shape index (κ1) is 13.4. The van der Waals surface area contributed by atoms with E-state index in [1.807, 2.05) is 6.92 Å². The summed E-state index contributed by atoms with van der Waals surface area (Å²) in [4.78, 5) is 25.5. The lowest BCUT2D eigenvalue weighted by atomic mass is 9.82. The third-order valence-electron chi connectivity index (χ3n) is 3.66. The van der Waals surface area contributed by atoms with Crippen molar-refractivity contribution in [3.8, 4) is 11.5 Å². The number of ether oxygens (including phenoxy) is 2. The van der Waals surface area contributed by atoms with Crippen LogP contribution in [0, 0.1) is 6.92 Å². The summed E-state index contributed by atoms with van der Waals surface area (Å²) in [6.45, 7) is 1.86. The van der Waals surface area contributed by atoms with Crippen LogP contribution in [0.4, 0.5) is 0 Å². The molecule has 0 fully saturated rings. The van der Waals surface area contributed by atoms with E-state index in [9.17, 15) is 9.59 Å². The smallest absolute Gasteiger partial charge is 0.198 e. The molecule has 2 aromatic rings. The minimum atomic E-state index is -0.213. The van der Waals surface area contributed by atoms with Gasteiger partial charge in [0.25, 0.3) is 0 Å². The highest BCUT2D eigenvalue weighted by molar-refractivity contribution is 6.30. The number of methoxy groups -OCH3 is 2. The summed E-state index contributed by atoms with van der Waals surface area (Å²) < 4.78 is 10.5. The second-order valence-electron chi connectivity index (χ2n) is 4.93. The molecule has 3 rings (SSSR count). The Labute approximate surface area is 122 Å². The van der Waals surface area contributed by atoms with Crippen molar-refractivity contribution >= 4 is 11.6 Å². The van der Waals surface area contributed by atoms with Crippen LogP contribution in [0.25, 0.3) is 0 Å². The van der Waals surface area contributed by atoms with E-state index >= 15 is 0 Å². The number of benzene rings is 2. The number of hydrogen-bond acceptors (Lipinski definition) is 4. The number of carbonyl (C=O) groups excluding carboxylic acids is 2. The van der Waals surface area contributed by atoms with Gasteiger partial charge in [-0.25, -0.2) is 0 Å². The van der Waals surface area contributed by atoms with Crippen LogP contribution in [0.5, 0.6) is 11.5 Å². The van der Waals surface area contributed by atoms with Crippen molar-refractivity contribution in [2.45, 2.75) is 6.92 Å². The zero-order valence-electron chi connectivity index (χ0n) is 12.0. The molecule has 1 aliphatic carbocycles. The molecule has 21 heavy (non-hydrogen) atoms. The molecule has 0 saturated carbocycles. The van der Waals surface area contributed by atoms with Gasteiger partial charge in [-0.3, -0.25) is 9.59 Å². The fourth-order valence-corrected chi connectivity index (χ4v) is 2.72. The van der Waals surface area contributed by atoms with Gasteiger partial charge < -0.3 is 9.47 Å². The fraction of sp³-hybridized carbons (Fsp3) is 0.176. The van der Waals surface area contributed by atoms with Gasteiger partial charge in [0.15, 0.2) is 11.6 Å². The molecule has 0 amide bonds. The molecule has 0 spiro atoms. The normalized spacial score (nSPS) is 12.7. The number of ketones is 2. The number of carbonyl (C=O) groups is 2. The van der Waals surface area contributed by atoms with Crippen molar-refractivity contribution in [1.29, 1.82) is 0 Å². The lowest BCUT2D eigenvalue weighted by molar-refractivity contribution is 0.0974. The van der Waals surface area contributed by atoms with E-state index in [2.05, 4.69) is 0 Å². The molecule has 4 nitrogen and oxygen atoms in total. The average Bonchev–Trinajstić information content (AvgIpc) is 2.50. The van der Waals surface area contributed by atoms with E-state index in [-0.39, 0.29) is 11.6 Å². The van der Waals surface area contributed by atoms with Gasteiger partial charge >= 0.3 is 0 Å². The van der Waals surface area contributed by atoms with Crippen molar-refractivity contribution in [2.75, 3.05) is 14.2 Å². The van der Waals surface area contributed by atoms with Crippen LogP contribution in [0.15, 0.2) is 30.3 Å². The van der Waals surface area contributed by atoms with Crippen molar-refractivity contribution in [1.82, 2.24) is 0 Å². The second-order valence-corrected chi connectivity index (χ2v) is 4.93. The minimum Gasteiger partial charge on any atom is -0.496 e. The van der Waals surface area contributed by atoms with Gasteiger partial charge in [0.1, 0.15) is 11.5 Å². The van der Waals surface area contributed by atoms with Gasteiger partial charge in [0.05, 0.1) is 25.3 Å². The largest absolute Gasteiger partial charge is 0.496 e. The second kappa shape index (κ2) is 4.74. The lowest BCUT2D eigenvalue weighted by Gasteiger charge is -2.21. The molecule has 4 heteroatoms. The van der Waals surface area contributed by atoms with Gasteiger partial charge in [0, 0.05) is 11.1 Å². The monoisotopic (exact) mass is 282 g/mol. The van der Waals surface area contributed by atoms with Gasteiger partial charge in [-0.1, -0.05) is 12.1 Å². The maximum atomic E-state index is 12.8. The van der Waals surface area contributed by atoms with E-state index in [1.165, 1.54) is 14.2 Å². The molecular weight excluding hydrogens is 268 g/mol. The third kappa shape index (κ3) is 1.83. The van der Waals surface area contributed by atoms with Crippen LogP contribution in [-0.2, 0) is 0 Å². The summed E-state index contributed by atoms with van der Waals surface area (Å²) in [6.07, 6.45) is 0. The Hall–Kier alpha value is -2.62. The molecule has 0 N–H and O–H groups in total. The zero-order chi connectivity index (χ0) is 15.1. The highest BCUT2D eigenvalue weighted by Crippen LogP contribution is 2.37. The van der Waals surface area contributed by atoms with Gasteiger partial charge in [-0.15, -0.1) is 0 Å². The van der Waals surface area contributed by atoms with E-state index in [1.54, 1.807) is 30.3 Å². The van der Waals surface area contributed by atoms with Crippen molar-refractivity contribution in [2.24, 2.45) is 0 Å².